The van der Waals surface area contributed by atoms with E-state index in [1.165, 1.54) is 5.56 Å². The van der Waals surface area contributed by atoms with Crippen LogP contribution in [-0.2, 0) is 14.4 Å². The minimum absolute atomic E-state index is 0.0306. The van der Waals surface area contributed by atoms with Gasteiger partial charge in [0.1, 0.15) is 0 Å². The lowest BCUT2D eigenvalue weighted by Crippen LogP contribution is -2.69. The molecular weight excluding hydrogens is 556 g/mol. The summed E-state index contributed by atoms with van der Waals surface area (Å²) in [6.07, 6.45) is 13.6. The van der Waals surface area contributed by atoms with Crippen LogP contribution in [0.25, 0.3) is 10.9 Å². The van der Waals surface area contributed by atoms with Gasteiger partial charge in [-0.3, -0.25) is 9.59 Å². The highest BCUT2D eigenvalue weighted by Gasteiger charge is 2.69. The number of nitrogens with zero attached hydrogens (tertiary/aromatic N) is 1. The maximum Gasteiger partial charge on any atom is 0.244 e. The molecule has 3 fully saturated rings. The summed E-state index contributed by atoms with van der Waals surface area (Å²) in [6.45, 7) is 25.3. The number of ketones is 2. The van der Waals surface area contributed by atoms with Crippen LogP contribution in [0.1, 0.15) is 105 Å². The van der Waals surface area contributed by atoms with Crippen molar-refractivity contribution in [2.75, 3.05) is 0 Å². The topological polar surface area (TPSA) is 67.6 Å². The fourth-order valence-corrected chi connectivity index (χ4v) is 11.0. The molecule has 0 aromatic heterocycles. The quantitative estimate of drug-likeness (QED) is 0.277. The van der Waals surface area contributed by atoms with Gasteiger partial charge in [-0.15, -0.1) is 0 Å². The number of allylic oxidation sites excluding steroid dienone is 4. The molecule has 1 N–H and O–H groups in total. The zero-order chi connectivity index (χ0) is 32.8. The van der Waals surface area contributed by atoms with Crippen LogP contribution in [-0.4, -0.2) is 23.0 Å². The minimum Gasteiger partial charge on any atom is -0.347 e. The Labute approximate surface area is 269 Å². The van der Waals surface area contributed by atoms with Gasteiger partial charge >= 0.3 is 0 Å². The number of hydrogen-bond donors (Lipinski definition) is 1. The van der Waals surface area contributed by atoms with Crippen molar-refractivity contribution >= 4 is 23.5 Å². The van der Waals surface area contributed by atoms with Gasteiger partial charge in [0.2, 0.25) is 11.6 Å². The lowest BCUT2D eigenvalue weighted by Gasteiger charge is -2.69. The molecule has 3 saturated carbocycles. The number of rotatable bonds is 3. The number of nitrogens with one attached hydrogen (secondary N) is 1. The first kappa shape index (κ1) is 31.7. The summed E-state index contributed by atoms with van der Waals surface area (Å²) in [7, 11) is 0. The van der Waals surface area contributed by atoms with E-state index in [0.29, 0.717) is 0 Å². The summed E-state index contributed by atoms with van der Waals surface area (Å²) in [5, 5.41) is 3.51. The molecule has 5 heteroatoms. The van der Waals surface area contributed by atoms with Crippen LogP contribution < -0.4 is 5.32 Å². The Morgan fingerprint density at radius 3 is 2.29 bits per heavy atom. The summed E-state index contributed by atoms with van der Waals surface area (Å²) in [5.41, 5.74) is 1.37. The second-order valence-corrected chi connectivity index (χ2v) is 17.1. The molecular formula is C40H50N2O3. The van der Waals surface area contributed by atoms with Crippen molar-refractivity contribution in [3.8, 4) is 0 Å². The van der Waals surface area contributed by atoms with Crippen LogP contribution >= 0.6 is 0 Å². The fraction of sp³-hybridized carbons (Fsp3) is 0.600. The largest absolute Gasteiger partial charge is 0.347 e. The predicted octanol–water partition coefficient (Wildman–Crippen LogP) is 8.45. The van der Waals surface area contributed by atoms with Crippen molar-refractivity contribution in [1.29, 1.82) is 0 Å². The van der Waals surface area contributed by atoms with E-state index in [1.54, 1.807) is 6.08 Å². The minimum atomic E-state index is -0.669. The van der Waals surface area contributed by atoms with E-state index >= 15 is 0 Å². The second-order valence-electron chi connectivity index (χ2n) is 17.1. The molecule has 0 unspecified atom stereocenters. The van der Waals surface area contributed by atoms with E-state index in [9.17, 15) is 14.4 Å². The van der Waals surface area contributed by atoms with Gasteiger partial charge in [0.15, 0.2) is 11.6 Å². The van der Waals surface area contributed by atoms with Crippen LogP contribution in [0.2, 0.25) is 0 Å². The Bertz CT molecular complexity index is 1600. The molecule has 1 aromatic carbocycles. The average molecular weight is 607 g/mol. The summed E-state index contributed by atoms with van der Waals surface area (Å²) < 4.78 is 0. The van der Waals surface area contributed by atoms with Crippen molar-refractivity contribution in [2.24, 2.45) is 44.8 Å². The average Bonchev–Trinajstić information content (AvgIpc) is 2.96. The molecule has 0 bridgehead atoms. The van der Waals surface area contributed by atoms with Crippen LogP contribution in [0, 0.1) is 58.3 Å². The Kier molecular flexibility index (Phi) is 7.13. The van der Waals surface area contributed by atoms with Crippen molar-refractivity contribution in [3.63, 3.8) is 0 Å². The lowest BCUT2D eigenvalue weighted by atomic mass is 9.35. The molecule has 1 amide bonds. The third-order valence-electron chi connectivity index (χ3n) is 13.7. The van der Waals surface area contributed by atoms with Crippen LogP contribution in [0.4, 0.5) is 0 Å². The van der Waals surface area contributed by atoms with E-state index in [4.69, 9.17) is 6.57 Å². The molecule has 5 nitrogen and oxygen atoms in total. The molecule has 0 radical (unpaired) electrons. The highest BCUT2D eigenvalue weighted by molar-refractivity contribution is 6.03. The van der Waals surface area contributed by atoms with Gasteiger partial charge in [0.25, 0.3) is 0 Å². The first-order valence-electron chi connectivity index (χ1n) is 16.9. The summed E-state index contributed by atoms with van der Waals surface area (Å²) in [4.78, 5) is 45.3. The van der Waals surface area contributed by atoms with Crippen molar-refractivity contribution < 1.29 is 14.4 Å². The predicted molar refractivity (Wildman–Crippen MR) is 179 cm³/mol. The standard InChI is InChI=1S/C40H50N2O3/c1-25-10-12-26(13-11-25)14-15-32(44)42-40-20-18-35(2,3)23-27(40)33-29(43)22-31-37(6)24-28(41-9)34(45)36(4,5)30(37)16-17-38(31,7)39(33,8)19-21-40/h10-15,22,24,27,30,33H,16-21,23H2,1-8H3,(H,42,44)/b15-14+/t27-,30-,33-,37-,38+,39+,40-/m0/s1. The SMILES string of the molecule is [C-]#[N+]C1=C[C@]2(C)C3=CC(=O)[C@@H]4[C@@H]5CC(C)(C)CC[C@]5(NC(=O)/C=C/c5ccc(C)cc5)CC[C@@]4(C)[C@]3(C)CC[C@H]2C(C)(C)C1=O. The van der Waals surface area contributed by atoms with E-state index in [-0.39, 0.29) is 57.2 Å². The molecule has 0 spiro atoms. The normalized spacial score (nSPS) is 39.8. The lowest BCUT2D eigenvalue weighted by molar-refractivity contribution is -0.163. The molecule has 7 atom stereocenters. The Morgan fingerprint density at radius 1 is 0.956 bits per heavy atom. The Balaban J connectivity index is 1.41. The Hall–Kier alpha value is -3.26. The van der Waals surface area contributed by atoms with Crippen LogP contribution in [0.5, 0.6) is 0 Å². The number of fused-ring (bicyclic) bond motifs is 7. The number of Topliss-reactive ketones (excluding diaryl/α,β-unsaturated/α-hetero) is 1. The van der Waals surface area contributed by atoms with Crippen molar-refractivity contribution in [1.82, 2.24) is 5.32 Å². The highest BCUT2D eigenvalue weighted by Crippen LogP contribution is 2.73. The maximum absolute atomic E-state index is 14.7. The number of carbonyl (C=O) groups excluding carboxylic acids is 3. The number of carbonyl (C=O) groups is 3. The van der Waals surface area contributed by atoms with Gasteiger partial charge < -0.3 is 10.1 Å². The van der Waals surface area contributed by atoms with Crippen molar-refractivity contribution in [2.45, 2.75) is 106 Å². The molecule has 0 aliphatic heterocycles. The van der Waals surface area contributed by atoms with Gasteiger partial charge in [-0.1, -0.05) is 89.9 Å². The van der Waals surface area contributed by atoms with E-state index in [2.05, 4.69) is 51.7 Å². The van der Waals surface area contributed by atoms with Gasteiger partial charge in [0.05, 0.1) is 6.57 Å². The zero-order valence-corrected chi connectivity index (χ0v) is 28.5. The van der Waals surface area contributed by atoms with Crippen LogP contribution in [0.15, 0.2) is 53.8 Å². The van der Waals surface area contributed by atoms with E-state index < -0.39 is 16.4 Å². The molecule has 1 aromatic rings. The molecule has 238 valence electrons. The number of amides is 1. The van der Waals surface area contributed by atoms with Crippen molar-refractivity contribution in [3.05, 3.63) is 76.3 Å². The number of aryl methyl sites for hydroxylation is 1. The molecule has 0 saturated heterocycles. The maximum atomic E-state index is 14.7. The van der Waals surface area contributed by atoms with Gasteiger partial charge in [-0.05, 0) is 97.7 Å². The first-order chi connectivity index (χ1) is 20.9. The Morgan fingerprint density at radius 2 is 1.62 bits per heavy atom. The highest BCUT2D eigenvalue weighted by atomic mass is 16.2. The molecule has 5 aliphatic carbocycles. The third kappa shape index (κ3) is 4.56. The van der Waals surface area contributed by atoms with E-state index in [0.717, 1.165) is 56.1 Å². The first-order valence-corrected chi connectivity index (χ1v) is 16.9. The molecule has 6 rings (SSSR count). The number of hydrogen-bond acceptors (Lipinski definition) is 3. The zero-order valence-electron chi connectivity index (χ0n) is 28.5. The smallest absolute Gasteiger partial charge is 0.244 e. The third-order valence-corrected chi connectivity index (χ3v) is 13.7. The fourth-order valence-electron chi connectivity index (χ4n) is 11.0. The monoisotopic (exact) mass is 606 g/mol. The van der Waals surface area contributed by atoms with Gasteiger partial charge in [-0.25, -0.2) is 4.85 Å². The summed E-state index contributed by atoms with van der Waals surface area (Å²) >= 11 is 0. The molecule has 0 heterocycles. The summed E-state index contributed by atoms with van der Waals surface area (Å²) in [5.74, 6) is -0.142. The number of benzene rings is 1. The molecule has 5 aliphatic rings. The van der Waals surface area contributed by atoms with Crippen LogP contribution in [0.3, 0.4) is 0 Å². The second kappa shape index (κ2) is 10.1. The molecule has 45 heavy (non-hydrogen) atoms. The van der Waals surface area contributed by atoms with E-state index in [1.807, 2.05) is 56.3 Å². The van der Waals surface area contributed by atoms with Gasteiger partial charge in [-0.2, -0.15) is 0 Å². The summed E-state index contributed by atoms with van der Waals surface area (Å²) in [6, 6.07) is 8.14. The van der Waals surface area contributed by atoms with Gasteiger partial charge in [0, 0.05) is 28.4 Å².